The number of hydrogen-bond donors (Lipinski definition) is 0. The Bertz CT molecular complexity index is 1100. The molecule has 1 saturated carbocycles. The number of aromatic nitrogens is 2. The monoisotopic (exact) mass is 434 g/mol. The van der Waals surface area contributed by atoms with Gasteiger partial charge in [-0.3, -0.25) is 4.79 Å². The number of anilines is 1. The minimum Gasteiger partial charge on any atom is -0.352 e. The summed E-state index contributed by atoms with van der Waals surface area (Å²) in [5.41, 5.74) is 2.42. The molecule has 5 nitrogen and oxygen atoms in total. The van der Waals surface area contributed by atoms with Crippen LogP contribution < -0.4 is 4.90 Å². The van der Waals surface area contributed by atoms with E-state index in [1.807, 2.05) is 23.1 Å². The smallest absolute Gasteiger partial charge is 0.230 e. The summed E-state index contributed by atoms with van der Waals surface area (Å²) in [6.07, 6.45) is 3.23. The van der Waals surface area contributed by atoms with Gasteiger partial charge in [0.2, 0.25) is 5.91 Å². The lowest BCUT2D eigenvalue weighted by Crippen LogP contribution is -2.50. The van der Waals surface area contributed by atoms with E-state index < -0.39 is 0 Å². The minimum atomic E-state index is -0.0539. The summed E-state index contributed by atoms with van der Waals surface area (Å²) in [4.78, 5) is 30.1. The minimum absolute atomic E-state index is 0.0539. The van der Waals surface area contributed by atoms with E-state index in [9.17, 15) is 4.79 Å². The fraction of sp³-hybridized carbons (Fsp3) is 0.480. The lowest BCUT2D eigenvalue weighted by molar-refractivity contribution is -0.133. The van der Waals surface area contributed by atoms with Crippen molar-refractivity contribution in [2.75, 3.05) is 31.1 Å². The van der Waals surface area contributed by atoms with Crippen molar-refractivity contribution in [1.82, 2.24) is 14.9 Å². The molecule has 2 fully saturated rings. The number of piperazine rings is 1. The number of fused-ring (bicyclic) bond motifs is 1. The molecule has 1 saturated heterocycles. The van der Waals surface area contributed by atoms with Gasteiger partial charge >= 0.3 is 0 Å². The van der Waals surface area contributed by atoms with Crippen molar-refractivity contribution in [3.63, 3.8) is 0 Å². The number of amides is 1. The third-order valence-corrected chi connectivity index (χ3v) is 7.87. The van der Waals surface area contributed by atoms with E-state index in [1.165, 1.54) is 28.7 Å². The van der Waals surface area contributed by atoms with Crippen molar-refractivity contribution < 1.29 is 4.79 Å². The molecule has 0 N–H and O–H groups in total. The second-order valence-electron chi connectivity index (χ2n) is 8.83. The quantitative estimate of drug-likeness (QED) is 0.565. The van der Waals surface area contributed by atoms with Crippen LogP contribution in [0.2, 0.25) is 0 Å². The molecule has 1 aromatic carbocycles. The number of hydrogen-bond acceptors (Lipinski definition) is 5. The molecule has 2 aromatic heterocycles. The number of thiophene rings is 1. The van der Waals surface area contributed by atoms with Gasteiger partial charge in [0.25, 0.3) is 0 Å². The van der Waals surface area contributed by atoms with Gasteiger partial charge in [0.1, 0.15) is 16.5 Å². The Morgan fingerprint density at radius 1 is 1.10 bits per heavy atom. The molecule has 3 aromatic rings. The summed E-state index contributed by atoms with van der Waals surface area (Å²) in [5, 5.41) is 1.21. The van der Waals surface area contributed by atoms with Gasteiger partial charge in [-0.05, 0) is 44.2 Å². The van der Waals surface area contributed by atoms with Gasteiger partial charge in [-0.1, -0.05) is 37.3 Å². The van der Waals surface area contributed by atoms with Crippen LogP contribution in [0.5, 0.6) is 0 Å². The van der Waals surface area contributed by atoms with Crippen LogP contribution in [0.25, 0.3) is 10.2 Å². The Morgan fingerprint density at radius 3 is 2.45 bits per heavy atom. The Balaban J connectivity index is 1.37. The van der Waals surface area contributed by atoms with Crippen molar-refractivity contribution in [2.24, 2.45) is 0 Å². The predicted molar refractivity (Wildman–Crippen MR) is 127 cm³/mol. The fourth-order valence-electron chi connectivity index (χ4n) is 4.59. The van der Waals surface area contributed by atoms with Gasteiger partial charge in [-0.2, -0.15) is 0 Å². The van der Waals surface area contributed by atoms with E-state index in [2.05, 4.69) is 37.8 Å². The Hall–Kier alpha value is -2.47. The predicted octanol–water partition coefficient (Wildman–Crippen LogP) is 5.03. The summed E-state index contributed by atoms with van der Waals surface area (Å²) in [6.45, 7) is 9.59. The summed E-state index contributed by atoms with van der Waals surface area (Å²) >= 11 is 1.78. The number of aryl methyl sites for hydroxylation is 2. The summed E-state index contributed by atoms with van der Waals surface area (Å²) < 4.78 is 0. The maximum Gasteiger partial charge on any atom is 0.230 e. The second kappa shape index (κ2) is 8.23. The van der Waals surface area contributed by atoms with Crippen molar-refractivity contribution in [3.8, 4) is 0 Å². The Labute approximate surface area is 188 Å². The zero-order chi connectivity index (χ0) is 21.5. The maximum atomic E-state index is 13.3. The Kier molecular flexibility index (Phi) is 5.42. The van der Waals surface area contributed by atoms with Crippen LogP contribution in [-0.4, -0.2) is 47.0 Å². The topological polar surface area (TPSA) is 49.3 Å². The molecule has 1 amide bonds. The van der Waals surface area contributed by atoms with Gasteiger partial charge < -0.3 is 9.80 Å². The molecule has 0 spiro atoms. The molecule has 1 atom stereocenters. The van der Waals surface area contributed by atoms with E-state index in [4.69, 9.17) is 9.97 Å². The highest BCUT2D eigenvalue weighted by Gasteiger charge is 2.32. The third kappa shape index (κ3) is 3.82. The molecule has 31 heavy (non-hydrogen) atoms. The Morgan fingerprint density at radius 2 is 1.81 bits per heavy atom. The first-order valence-electron chi connectivity index (χ1n) is 11.4. The molecule has 0 bridgehead atoms. The first kappa shape index (κ1) is 20.4. The van der Waals surface area contributed by atoms with Gasteiger partial charge in [-0.25, -0.2) is 9.97 Å². The van der Waals surface area contributed by atoms with Crippen LogP contribution in [0, 0.1) is 13.8 Å². The van der Waals surface area contributed by atoms with Gasteiger partial charge in [0, 0.05) is 37.0 Å². The molecule has 5 rings (SSSR count). The molecule has 1 aliphatic heterocycles. The normalized spacial score (nSPS) is 17.9. The first-order valence-corrected chi connectivity index (χ1v) is 12.2. The lowest BCUT2D eigenvalue weighted by Gasteiger charge is -2.37. The maximum absolute atomic E-state index is 13.3. The molecule has 2 aliphatic rings. The summed E-state index contributed by atoms with van der Waals surface area (Å²) in [5.74, 6) is 2.82. The van der Waals surface area contributed by atoms with E-state index in [1.54, 1.807) is 11.3 Å². The van der Waals surface area contributed by atoms with Gasteiger partial charge in [0.05, 0.1) is 11.3 Å². The number of benzene rings is 1. The third-order valence-electron chi connectivity index (χ3n) is 6.77. The van der Waals surface area contributed by atoms with Crippen LogP contribution in [0.15, 0.2) is 30.3 Å². The van der Waals surface area contributed by atoms with Crippen LogP contribution in [0.3, 0.4) is 0 Å². The van der Waals surface area contributed by atoms with Crippen molar-refractivity contribution in [3.05, 3.63) is 52.2 Å². The fourth-order valence-corrected chi connectivity index (χ4v) is 5.63. The standard InChI is InChI=1S/C25H30N4OS/c1-4-20(18-8-6-5-7-9-18)25(30)29-14-12-28(13-15-29)23-21-16(2)17(3)31-24(21)27-22(26-23)19-10-11-19/h5-9,19-20H,4,10-15H2,1-3H3/t20-/m1/s1. The van der Waals surface area contributed by atoms with E-state index in [-0.39, 0.29) is 11.8 Å². The number of carbonyl (C=O) groups excluding carboxylic acids is 1. The van der Waals surface area contributed by atoms with E-state index >= 15 is 0 Å². The highest BCUT2D eigenvalue weighted by atomic mass is 32.1. The SMILES string of the molecule is CC[C@@H](C(=O)N1CCN(c2nc(C3CC3)nc3sc(C)c(C)c23)CC1)c1ccccc1. The average Bonchev–Trinajstić information content (AvgIpc) is 3.61. The van der Waals surface area contributed by atoms with Gasteiger partial charge in [0.15, 0.2) is 0 Å². The number of nitrogens with zero attached hydrogens (tertiary/aromatic N) is 4. The summed E-state index contributed by atoms with van der Waals surface area (Å²) in [6, 6.07) is 10.2. The van der Waals surface area contributed by atoms with E-state index in [0.717, 1.165) is 54.6 Å². The molecular weight excluding hydrogens is 404 g/mol. The van der Waals surface area contributed by atoms with Crippen LogP contribution in [0.4, 0.5) is 5.82 Å². The molecule has 6 heteroatoms. The molecule has 0 radical (unpaired) electrons. The number of rotatable bonds is 5. The van der Waals surface area contributed by atoms with Crippen molar-refractivity contribution in [1.29, 1.82) is 0 Å². The molecule has 0 unspecified atom stereocenters. The van der Waals surface area contributed by atoms with Gasteiger partial charge in [-0.15, -0.1) is 11.3 Å². The zero-order valence-electron chi connectivity index (χ0n) is 18.6. The second-order valence-corrected chi connectivity index (χ2v) is 10.0. The lowest BCUT2D eigenvalue weighted by atomic mass is 9.95. The van der Waals surface area contributed by atoms with E-state index in [0.29, 0.717) is 5.92 Å². The molecule has 3 heterocycles. The van der Waals surface area contributed by atoms with Crippen molar-refractivity contribution in [2.45, 2.75) is 51.9 Å². The van der Waals surface area contributed by atoms with Crippen LogP contribution in [0.1, 0.15) is 59.9 Å². The molecule has 162 valence electrons. The van der Waals surface area contributed by atoms with Crippen LogP contribution >= 0.6 is 11.3 Å². The molecular formula is C25H30N4OS. The zero-order valence-corrected chi connectivity index (χ0v) is 19.4. The highest BCUT2D eigenvalue weighted by molar-refractivity contribution is 7.18. The van der Waals surface area contributed by atoms with Crippen LogP contribution in [-0.2, 0) is 4.79 Å². The first-order chi connectivity index (χ1) is 15.1. The summed E-state index contributed by atoms with van der Waals surface area (Å²) in [7, 11) is 0. The van der Waals surface area contributed by atoms with Crippen molar-refractivity contribution >= 4 is 33.3 Å². The highest BCUT2D eigenvalue weighted by Crippen LogP contribution is 2.42. The number of carbonyl (C=O) groups is 1. The molecule has 1 aliphatic carbocycles. The largest absolute Gasteiger partial charge is 0.352 e. The average molecular weight is 435 g/mol.